The summed E-state index contributed by atoms with van der Waals surface area (Å²) < 4.78 is 13.4. The third-order valence-electron chi connectivity index (χ3n) is 3.61. The molecular weight excluding hydrogens is 321 g/mol. The Bertz CT molecular complexity index is 692. The zero-order valence-electron chi connectivity index (χ0n) is 13.9. The quantitative estimate of drug-likeness (QED) is 0.689. The van der Waals surface area contributed by atoms with Crippen LogP contribution in [0.5, 0.6) is 0 Å². The summed E-state index contributed by atoms with van der Waals surface area (Å²) in [5, 5.41) is 8.06. The van der Waals surface area contributed by atoms with Gasteiger partial charge in [-0.1, -0.05) is 48.5 Å². The lowest BCUT2D eigenvalue weighted by molar-refractivity contribution is -0.120. The van der Waals surface area contributed by atoms with E-state index < -0.39 is 0 Å². The molecule has 0 saturated carbocycles. The molecule has 0 saturated heterocycles. The number of rotatable bonds is 8. The van der Waals surface area contributed by atoms with Crippen LogP contribution in [0.4, 0.5) is 9.18 Å². The van der Waals surface area contributed by atoms with Crippen LogP contribution in [-0.4, -0.2) is 25.0 Å². The van der Waals surface area contributed by atoms with Crippen molar-refractivity contribution >= 4 is 11.9 Å². The molecule has 0 aliphatic rings. The number of nitrogens with one attached hydrogen (secondary N) is 3. The summed E-state index contributed by atoms with van der Waals surface area (Å²) in [7, 11) is 0. The van der Waals surface area contributed by atoms with E-state index in [9.17, 15) is 14.0 Å². The fourth-order valence-electron chi connectivity index (χ4n) is 2.26. The van der Waals surface area contributed by atoms with E-state index in [4.69, 9.17) is 0 Å². The number of halogens is 1. The maximum Gasteiger partial charge on any atom is 0.315 e. The number of amides is 3. The Hall–Kier alpha value is -2.89. The predicted molar refractivity (Wildman–Crippen MR) is 94.4 cm³/mol. The molecule has 3 N–H and O–H groups in total. The number of benzene rings is 2. The van der Waals surface area contributed by atoms with E-state index in [2.05, 4.69) is 16.0 Å². The second kappa shape index (κ2) is 10.1. The average Bonchev–Trinajstić information content (AvgIpc) is 2.62. The third-order valence-corrected chi connectivity index (χ3v) is 3.61. The minimum Gasteiger partial charge on any atom is -0.356 e. The zero-order chi connectivity index (χ0) is 17.9. The standard InChI is InChI=1S/C19H22FN3O2/c20-17-9-5-4-8-16(17)10-12-21-18(24)11-13-22-19(25)23-14-15-6-2-1-3-7-15/h1-9H,10-14H2,(H,21,24)(H2,22,23,25). The van der Waals surface area contributed by atoms with Gasteiger partial charge in [0, 0.05) is 26.1 Å². The van der Waals surface area contributed by atoms with Crippen LogP contribution in [0, 0.1) is 5.82 Å². The Labute approximate surface area is 146 Å². The fourth-order valence-corrected chi connectivity index (χ4v) is 2.26. The van der Waals surface area contributed by atoms with E-state index in [1.807, 2.05) is 30.3 Å². The third kappa shape index (κ3) is 7.03. The van der Waals surface area contributed by atoms with E-state index in [-0.39, 0.29) is 30.7 Å². The molecule has 2 aromatic carbocycles. The number of hydrogen-bond acceptors (Lipinski definition) is 2. The van der Waals surface area contributed by atoms with Crippen molar-refractivity contribution in [3.8, 4) is 0 Å². The first-order valence-electron chi connectivity index (χ1n) is 8.21. The first kappa shape index (κ1) is 18.4. The maximum atomic E-state index is 13.4. The number of hydrogen-bond donors (Lipinski definition) is 3. The summed E-state index contributed by atoms with van der Waals surface area (Å²) in [5.41, 5.74) is 1.57. The summed E-state index contributed by atoms with van der Waals surface area (Å²) in [6.07, 6.45) is 0.611. The van der Waals surface area contributed by atoms with E-state index in [1.165, 1.54) is 6.07 Å². The minimum absolute atomic E-state index is 0.177. The van der Waals surface area contributed by atoms with Crippen molar-refractivity contribution in [3.63, 3.8) is 0 Å². The van der Waals surface area contributed by atoms with E-state index in [0.29, 0.717) is 25.1 Å². The summed E-state index contributed by atoms with van der Waals surface area (Å²) in [4.78, 5) is 23.3. The van der Waals surface area contributed by atoms with Crippen LogP contribution in [-0.2, 0) is 17.8 Å². The lowest BCUT2D eigenvalue weighted by Crippen LogP contribution is -2.37. The topological polar surface area (TPSA) is 70.2 Å². The molecule has 0 unspecified atom stereocenters. The van der Waals surface area contributed by atoms with Crippen LogP contribution in [0.2, 0.25) is 0 Å². The first-order chi connectivity index (χ1) is 12.1. The second-order valence-electron chi connectivity index (χ2n) is 5.54. The van der Waals surface area contributed by atoms with Gasteiger partial charge in [0.25, 0.3) is 0 Å². The van der Waals surface area contributed by atoms with Gasteiger partial charge in [-0.15, -0.1) is 0 Å². The van der Waals surface area contributed by atoms with Gasteiger partial charge in [0.05, 0.1) is 0 Å². The van der Waals surface area contributed by atoms with Crippen LogP contribution in [0.1, 0.15) is 17.5 Å². The number of carbonyl (C=O) groups excluding carboxylic acids is 2. The van der Waals surface area contributed by atoms with Crippen molar-refractivity contribution in [1.82, 2.24) is 16.0 Å². The monoisotopic (exact) mass is 343 g/mol. The van der Waals surface area contributed by atoms with Gasteiger partial charge in [-0.2, -0.15) is 0 Å². The number of urea groups is 1. The Balaban J connectivity index is 1.56. The van der Waals surface area contributed by atoms with E-state index in [0.717, 1.165) is 5.56 Å². The molecule has 0 fully saturated rings. The molecule has 0 atom stereocenters. The SMILES string of the molecule is O=C(CCNC(=O)NCc1ccccc1)NCCc1ccccc1F. The summed E-state index contributed by atoms with van der Waals surface area (Å²) in [6, 6.07) is 15.7. The molecule has 6 heteroatoms. The predicted octanol–water partition coefficient (Wildman–Crippen LogP) is 2.37. The first-order valence-corrected chi connectivity index (χ1v) is 8.21. The Kier molecular flexibility index (Phi) is 7.43. The summed E-state index contributed by atoms with van der Waals surface area (Å²) in [5.74, 6) is -0.451. The van der Waals surface area contributed by atoms with Crippen LogP contribution >= 0.6 is 0 Å². The van der Waals surface area contributed by atoms with E-state index in [1.54, 1.807) is 18.2 Å². The molecule has 25 heavy (non-hydrogen) atoms. The van der Waals surface area contributed by atoms with Crippen molar-refractivity contribution in [2.45, 2.75) is 19.4 Å². The van der Waals surface area contributed by atoms with Crippen molar-refractivity contribution in [2.75, 3.05) is 13.1 Å². The van der Waals surface area contributed by atoms with E-state index >= 15 is 0 Å². The Morgan fingerprint density at radius 2 is 1.56 bits per heavy atom. The maximum absolute atomic E-state index is 13.4. The lowest BCUT2D eigenvalue weighted by atomic mass is 10.1. The average molecular weight is 343 g/mol. The molecule has 3 amide bonds. The van der Waals surface area contributed by atoms with Gasteiger partial charge in [0.15, 0.2) is 0 Å². The normalized spacial score (nSPS) is 10.1. The lowest BCUT2D eigenvalue weighted by Gasteiger charge is -2.08. The highest BCUT2D eigenvalue weighted by molar-refractivity contribution is 5.78. The van der Waals surface area contributed by atoms with Gasteiger partial charge in [0.1, 0.15) is 5.82 Å². The highest BCUT2D eigenvalue weighted by Gasteiger charge is 2.05. The summed E-state index contributed by atoms with van der Waals surface area (Å²) in [6.45, 7) is 1.04. The highest BCUT2D eigenvalue weighted by atomic mass is 19.1. The van der Waals surface area contributed by atoms with Crippen molar-refractivity contribution < 1.29 is 14.0 Å². The molecule has 2 rings (SSSR count). The molecular formula is C19H22FN3O2. The molecule has 0 bridgehead atoms. The van der Waals surface area contributed by atoms with Gasteiger partial charge in [-0.3, -0.25) is 4.79 Å². The van der Waals surface area contributed by atoms with Crippen molar-refractivity contribution in [3.05, 3.63) is 71.5 Å². The largest absolute Gasteiger partial charge is 0.356 e. The van der Waals surface area contributed by atoms with Crippen LogP contribution in [0.15, 0.2) is 54.6 Å². The zero-order valence-corrected chi connectivity index (χ0v) is 13.9. The van der Waals surface area contributed by atoms with Crippen LogP contribution in [0.3, 0.4) is 0 Å². The molecule has 0 aliphatic heterocycles. The highest BCUT2D eigenvalue weighted by Crippen LogP contribution is 2.06. The molecule has 0 aromatic heterocycles. The van der Waals surface area contributed by atoms with Crippen molar-refractivity contribution in [2.24, 2.45) is 0 Å². The molecule has 0 aliphatic carbocycles. The second-order valence-corrected chi connectivity index (χ2v) is 5.54. The molecule has 0 spiro atoms. The Morgan fingerprint density at radius 3 is 2.32 bits per heavy atom. The Morgan fingerprint density at radius 1 is 0.840 bits per heavy atom. The molecule has 132 valence electrons. The van der Waals surface area contributed by atoms with Crippen LogP contribution in [0.25, 0.3) is 0 Å². The van der Waals surface area contributed by atoms with Gasteiger partial charge in [-0.05, 0) is 23.6 Å². The molecule has 2 aromatic rings. The van der Waals surface area contributed by atoms with Gasteiger partial charge in [-0.25, -0.2) is 9.18 Å². The fraction of sp³-hybridized carbons (Fsp3) is 0.263. The summed E-state index contributed by atoms with van der Waals surface area (Å²) >= 11 is 0. The molecule has 5 nitrogen and oxygen atoms in total. The minimum atomic E-state index is -0.317. The van der Waals surface area contributed by atoms with Gasteiger partial charge in [0.2, 0.25) is 5.91 Å². The van der Waals surface area contributed by atoms with Crippen molar-refractivity contribution in [1.29, 1.82) is 0 Å². The molecule has 0 heterocycles. The van der Waals surface area contributed by atoms with Gasteiger partial charge >= 0.3 is 6.03 Å². The molecule has 0 radical (unpaired) electrons. The van der Waals surface area contributed by atoms with Crippen LogP contribution < -0.4 is 16.0 Å². The smallest absolute Gasteiger partial charge is 0.315 e. The van der Waals surface area contributed by atoms with Gasteiger partial charge < -0.3 is 16.0 Å². The number of carbonyl (C=O) groups is 2.